The van der Waals surface area contributed by atoms with Crippen molar-refractivity contribution in [2.24, 2.45) is 5.73 Å². The molecule has 0 aliphatic heterocycles. The van der Waals surface area contributed by atoms with Crippen LogP contribution in [0.2, 0.25) is 0 Å². The molecule has 0 saturated heterocycles. The molecule has 0 saturated carbocycles. The van der Waals surface area contributed by atoms with Gasteiger partial charge in [0, 0.05) is 13.4 Å². The average Bonchev–Trinajstić information content (AvgIpc) is 1.58. The first-order valence-corrected chi connectivity index (χ1v) is 1.01. The third-order valence-electron chi connectivity index (χ3n) is 0.137. The summed E-state index contributed by atoms with van der Waals surface area (Å²) in [6, 6.07) is 0. The minimum absolute atomic E-state index is 2.96. The van der Waals surface area contributed by atoms with E-state index in [-0.39, 0.29) is 0 Å². The molecule has 1 unspecified atom stereocenters. The topological polar surface area (TPSA) is 46.2 Å². The normalized spacial score (nSPS) is 44.4. The van der Waals surface area contributed by atoms with Gasteiger partial charge in [0.2, 0.25) is 0 Å². The van der Waals surface area contributed by atoms with Gasteiger partial charge in [-0.25, -0.2) is 0 Å². The van der Waals surface area contributed by atoms with Crippen molar-refractivity contribution < 1.29 is 13.3 Å². The van der Waals surface area contributed by atoms with Crippen LogP contribution in [0.4, 0.5) is 0 Å². The molecule has 1 atom stereocenters. The molecular weight excluding hydrogens is 66.0 g/mol. The first kappa shape index (κ1) is 0.768. The Morgan fingerprint density at radius 2 is 3.40 bits per heavy atom. The highest BCUT2D eigenvalue weighted by atomic mass is 16.3. The van der Waals surface area contributed by atoms with E-state index in [0.29, 0.717) is 0 Å². The molecule has 3 N–H and O–H groups in total. The lowest BCUT2D eigenvalue weighted by atomic mass is 10.4. The van der Waals surface area contributed by atoms with E-state index in [4.69, 9.17) is 13.3 Å². The van der Waals surface area contributed by atoms with Crippen molar-refractivity contribution in [2.45, 2.75) is 12.9 Å². The minimum Gasteiger partial charge on any atom is -0.392 e. The molecule has 0 aliphatic rings. The molecular formula is C3H9NO. The van der Waals surface area contributed by atoms with Crippen LogP contribution in [0.1, 0.15) is 15.1 Å². The molecule has 0 aliphatic carbocycles. The van der Waals surface area contributed by atoms with Crippen LogP contribution >= 0.6 is 0 Å². The van der Waals surface area contributed by atoms with Crippen LogP contribution < -0.4 is 5.73 Å². The van der Waals surface area contributed by atoms with Crippen LogP contribution in [-0.4, -0.2) is 17.7 Å². The van der Waals surface area contributed by atoms with E-state index in [9.17, 15) is 0 Å². The van der Waals surface area contributed by atoms with E-state index >= 15 is 0 Å². The SMILES string of the molecule is [2H]C([2H])([2H])C([2H])(O)C([2H])([2H])N. The lowest BCUT2D eigenvalue weighted by Crippen LogP contribution is -2.14. The maximum atomic E-state index is 8.79. The lowest BCUT2D eigenvalue weighted by molar-refractivity contribution is 0.203. The molecule has 2 nitrogen and oxygen atoms in total. The molecule has 0 aromatic heterocycles. The Balaban J connectivity index is 4.75. The first-order chi connectivity index (χ1) is 4.50. The second-order valence-electron chi connectivity index (χ2n) is 0.493. The summed E-state index contributed by atoms with van der Waals surface area (Å²) in [5.74, 6) is 0. The Labute approximate surface area is 40.0 Å². The van der Waals surface area contributed by atoms with E-state index in [0.717, 1.165) is 0 Å². The van der Waals surface area contributed by atoms with Crippen molar-refractivity contribution in [2.75, 3.05) is 6.50 Å². The van der Waals surface area contributed by atoms with Crippen LogP contribution in [0.5, 0.6) is 0 Å². The van der Waals surface area contributed by atoms with Gasteiger partial charge in [0.25, 0.3) is 0 Å². The maximum Gasteiger partial charge on any atom is 0.0634 e. The Morgan fingerprint density at radius 1 is 2.80 bits per heavy atom. The molecule has 0 fully saturated rings. The summed E-state index contributed by atoms with van der Waals surface area (Å²) in [6.45, 7) is -6.11. The number of aliphatic hydroxyl groups is 1. The van der Waals surface area contributed by atoms with Crippen molar-refractivity contribution in [1.82, 2.24) is 0 Å². The molecule has 0 rings (SSSR count). The van der Waals surface area contributed by atoms with Crippen LogP contribution in [-0.2, 0) is 0 Å². The summed E-state index contributed by atoms with van der Waals surface area (Å²) < 4.78 is 39.7. The monoisotopic (exact) mass is 81.1 g/mol. The summed E-state index contributed by atoms with van der Waals surface area (Å²) in [4.78, 5) is 0. The summed E-state index contributed by atoms with van der Waals surface area (Å²) in [5.41, 5.74) is 4.64. The average molecular weight is 81.1 g/mol. The maximum absolute atomic E-state index is 8.79. The zero-order valence-corrected chi connectivity index (χ0v) is 2.52. The summed E-state index contributed by atoms with van der Waals surface area (Å²) >= 11 is 0. The van der Waals surface area contributed by atoms with E-state index in [1.807, 2.05) is 0 Å². The molecule has 0 heterocycles. The van der Waals surface area contributed by atoms with Gasteiger partial charge < -0.3 is 10.8 Å². The number of hydrogen-bond acceptors (Lipinski definition) is 2. The first-order valence-electron chi connectivity index (χ1n) is 4.01. The van der Waals surface area contributed by atoms with Crippen molar-refractivity contribution in [3.63, 3.8) is 0 Å². The van der Waals surface area contributed by atoms with Gasteiger partial charge in [-0.2, -0.15) is 0 Å². The summed E-state index contributed by atoms with van der Waals surface area (Å²) in [5, 5.41) is 8.79. The molecule has 32 valence electrons. The largest absolute Gasteiger partial charge is 0.392 e. The van der Waals surface area contributed by atoms with E-state index < -0.39 is 19.4 Å². The van der Waals surface area contributed by atoms with Crippen molar-refractivity contribution >= 4 is 0 Å². The van der Waals surface area contributed by atoms with Gasteiger partial charge in [-0.1, -0.05) is 0 Å². The fourth-order valence-corrected chi connectivity index (χ4v) is 0. The Kier molecular flexibility index (Phi) is 0.334. The Bertz CT molecular complexity index is 129. The number of nitrogens with two attached hydrogens (primary N) is 1. The third-order valence-corrected chi connectivity index (χ3v) is 0.137. The van der Waals surface area contributed by atoms with Gasteiger partial charge in [0.1, 0.15) is 0 Å². The van der Waals surface area contributed by atoms with E-state index in [1.165, 1.54) is 0 Å². The second kappa shape index (κ2) is 2.18. The van der Waals surface area contributed by atoms with E-state index in [2.05, 4.69) is 5.73 Å². The Morgan fingerprint density at radius 3 is 3.40 bits per heavy atom. The van der Waals surface area contributed by atoms with Crippen molar-refractivity contribution in [3.05, 3.63) is 0 Å². The predicted molar refractivity (Wildman–Crippen MR) is 20.7 cm³/mol. The van der Waals surface area contributed by atoms with Crippen LogP contribution in [0.15, 0.2) is 0 Å². The predicted octanol–water partition coefficient (Wildman–Crippen LogP) is -0.674. The van der Waals surface area contributed by atoms with Gasteiger partial charge in [0.05, 0.1) is 7.45 Å². The zero-order chi connectivity index (χ0) is 9.50. The molecule has 0 bridgehead atoms. The fourth-order valence-electron chi connectivity index (χ4n) is 0. The highest BCUT2D eigenvalue weighted by Gasteiger charge is 1.81. The smallest absolute Gasteiger partial charge is 0.0634 e. The standard InChI is InChI=1S/C3H9NO/c1-3(5)2-4/h3,5H,2,4H2,1H3/i1D3,2D2,3D. The van der Waals surface area contributed by atoms with Gasteiger partial charge in [-0.05, 0) is 6.85 Å². The van der Waals surface area contributed by atoms with Crippen LogP contribution in [0.3, 0.4) is 0 Å². The quantitative estimate of drug-likeness (QED) is 0.439. The third kappa shape index (κ3) is 3.92. The second-order valence-corrected chi connectivity index (χ2v) is 0.493. The highest BCUT2D eigenvalue weighted by Crippen LogP contribution is 1.65. The van der Waals surface area contributed by atoms with Crippen molar-refractivity contribution in [1.29, 1.82) is 0 Å². The molecule has 0 radical (unpaired) electrons. The van der Waals surface area contributed by atoms with Gasteiger partial charge >= 0.3 is 0 Å². The van der Waals surface area contributed by atoms with Crippen molar-refractivity contribution in [3.8, 4) is 0 Å². The lowest BCUT2D eigenvalue weighted by Gasteiger charge is -1.91. The molecule has 0 amide bonds. The van der Waals surface area contributed by atoms with Gasteiger partial charge in [-0.3, -0.25) is 0 Å². The highest BCUT2D eigenvalue weighted by molar-refractivity contribution is 4.40. The van der Waals surface area contributed by atoms with Gasteiger partial charge in [0.15, 0.2) is 0 Å². The molecule has 2 heteroatoms. The van der Waals surface area contributed by atoms with Gasteiger partial charge in [-0.15, -0.1) is 0 Å². The fraction of sp³-hybridized carbons (Fsp3) is 1.00. The van der Waals surface area contributed by atoms with Crippen LogP contribution in [0, 0.1) is 0 Å². The molecule has 0 aromatic carbocycles. The summed E-state index contributed by atoms with van der Waals surface area (Å²) in [6.07, 6.45) is -3.26. The Hall–Kier alpha value is -0.0800. The minimum atomic E-state index is -3.26. The number of hydrogen-bond donors (Lipinski definition) is 2. The van der Waals surface area contributed by atoms with Crippen LogP contribution in [0.25, 0.3) is 0 Å². The zero-order valence-electron chi connectivity index (χ0n) is 8.52. The molecule has 5 heavy (non-hydrogen) atoms. The van der Waals surface area contributed by atoms with E-state index in [1.54, 1.807) is 0 Å². The molecule has 0 aromatic rings. The number of rotatable bonds is 1. The molecule has 0 spiro atoms. The summed E-state index contributed by atoms with van der Waals surface area (Å²) in [7, 11) is 0.